The van der Waals surface area contributed by atoms with Crippen molar-refractivity contribution in [1.29, 1.82) is 0 Å². The molecule has 4 rings (SSSR count). The summed E-state index contributed by atoms with van der Waals surface area (Å²) in [6.07, 6.45) is 3.40. The summed E-state index contributed by atoms with van der Waals surface area (Å²) in [6.45, 7) is 0. The van der Waals surface area contributed by atoms with E-state index in [-0.39, 0.29) is 18.0 Å². The second kappa shape index (κ2) is 9.88. The number of hydrogen-bond acceptors (Lipinski definition) is 5. The molecule has 164 valence electrons. The molecule has 0 aliphatic heterocycles. The molecule has 4 aromatic rings. The number of benzene rings is 3. The molecule has 3 aromatic carbocycles. The van der Waals surface area contributed by atoms with E-state index in [0.29, 0.717) is 21.8 Å². The number of non-ortho nitro benzene ring substituents is 1. The molecule has 33 heavy (non-hydrogen) atoms. The first kappa shape index (κ1) is 21.9. The van der Waals surface area contributed by atoms with Crippen molar-refractivity contribution in [2.75, 3.05) is 0 Å². The summed E-state index contributed by atoms with van der Waals surface area (Å²) >= 11 is 6.02. The Hall–Kier alpha value is -4.30. The summed E-state index contributed by atoms with van der Waals surface area (Å²) in [5.74, 6) is -0.344. The minimum atomic E-state index is -0.484. The van der Waals surface area contributed by atoms with E-state index in [1.807, 2.05) is 48.7 Å². The molecule has 0 aliphatic carbocycles. The van der Waals surface area contributed by atoms with Crippen LogP contribution in [0.4, 0.5) is 5.69 Å². The molecule has 1 aromatic heterocycles. The number of carbonyl (C=O) groups excluding carboxylic acids is 1. The van der Waals surface area contributed by atoms with E-state index in [0.717, 1.165) is 11.3 Å². The first-order valence-corrected chi connectivity index (χ1v) is 10.3. The summed E-state index contributed by atoms with van der Waals surface area (Å²) in [4.78, 5) is 22.5. The smallest absolute Gasteiger partial charge is 0.269 e. The van der Waals surface area contributed by atoms with Crippen molar-refractivity contribution in [1.82, 2.24) is 15.2 Å². The van der Waals surface area contributed by atoms with Crippen LogP contribution in [0.5, 0.6) is 0 Å². The summed E-state index contributed by atoms with van der Waals surface area (Å²) in [5.41, 5.74) is 6.24. The zero-order valence-corrected chi connectivity index (χ0v) is 18.0. The van der Waals surface area contributed by atoms with Gasteiger partial charge in [0.05, 0.1) is 23.2 Å². The fourth-order valence-corrected chi connectivity index (χ4v) is 3.29. The number of halogens is 1. The maximum atomic E-state index is 12.2. The number of hydrazone groups is 1. The maximum absolute atomic E-state index is 12.2. The molecule has 8 nitrogen and oxygen atoms in total. The van der Waals surface area contributed by atoms with Crippen molar-refractivity contribution in [3.05, 3.63) is 111 Å². The number of aromatic nitrogens is 2. The molecule has 0 fully saturated rings. The van der Waals surface area contributed by atoms with Crippen LogP contribution in [0.1, 0.15) is 11.1 Å². The minimum Gasteiger partial charge on any atom is -0.273 e. The van der Waals surface area contributed by atoms with Crippen LogP contribution in [-0.4, -0.2) is 26.8 Å². The van der Waals surface area contributed by atoms with E-state index < -0.39 is 4.92 Å². The van der Waals surface area contributed by atoms with Crippen molar-refractivity contribution in [3.63, 3.8) is 0 Å². The molecule has 9 heteroatoms. The zero-order valence-electron chi connectivity index (χ0n) is 17.3. The largest absolute Gasteiger partial charge is 0.273 e. The lowest BCUT2D eigenvalue weighted by atomic mass is 10.1. The number of amides is 1. The van der Waals surface area contributed by atoms with Gasteiger partial charge in [0.25, 0.3) is 5.69 Å². The lowest BCUT2D eigenvalue weighted by Crippen LogP contribution is -2.19. The van der Waals surface area contributed by atoms with Gasteiger partial charge in [-0.15, -0.1) is 0 Å². The number of rotatable bonds is 7. The van der Waals surface area contributed by atoms with Gasteiger partial charge in [0, 0.05) is 34.5 Å². The summed E-state index contributed by atoms with van der Waals surface area (Å²) < 4.78 is 1.74. The number of nitro benzene ring substituents is 1. The third-order valence-electron chi connectivity index (χ3n) is 4.79. The molecule has 0 saturated carbocycles. The second-order valence-electron chi connectivity index (χ2n) is 7.11. The SMILES string of the molecule is O=C(Cc1ccc([N+](=O)[O-])cc1)N/N=C\c1cn(-c2ccccc2)nc1-c1ccc(Cl)cc1. The monoisotopic (exact) mass is 459 g/mol. The molecule has 1 heterocycles. The van der Waals surface area contributed by atoms with Crippen LogP contribution >= 0.6 is 11.6 Å². The summed E-state index contributed by atoms with van der Waals surface area (Å²) in [7, 11) is 0. The summed E-state index contributed by atoms with van der Waals surface area (Å²) in [5, 5.41) is 20.1. The fourth-order valence-electron chi connectivity index (χ4n) is 3.16. The number of carbonyl (C=O) groups is 1. The number of nitro groups is 1. The van der Waals surface area contributed by atoms with Crippen LogP contribution in [0.2, 0.25) is 5.02 Å². The Kier molecular flexibility index (Phi) is 6.56. The quantitative estimate of drug-likeness (QED) is 0.244. The highest BCUT2D eigenvalue weighted by atomic mass is 35.5. The van der Waals surface area contributed by atoms with Crippen molar-refractivity contribution in [2.45, 2.75) is 6.42 Å². The van der Waals surface area contributed by atoms with Gasteiger partial charge >= 0.3 is 0 Å². The molecule has 1 amide bonds. The van der Waals surface area contributed by atoms with Crippen molar-refractivity contribution in [3.8, 4) is 16.9 Å². The van der Waals surface area contributed by atoms with Crippen LogP contribution < -0.4 is 5.43 Å². The summed E-state index contributed by atoms with van der Waals surface area (Å²) in [6, 6.07) is 22.8. The van der Waals surface area contributed by atoms with E-state index in [1.54, 1.807) is 28.9 Å². The highest BCUT2D eigenvalue weighted by Gasteiger charge is 2.12. The lowest BCUT2D eigenvalue weighted by Gasteiger charge is -2.01. The predicted octanol–water partition coefficient (Wildman–Crippen LogP) is 4.79. The van der Waals surface area contributed by atoms with Crippen LogP contribution in [0, 0.1) is 10.1 Å². The topological polar surface area (TPSA) is 102 Å². The Morgan fingerprint density at radius 1 is 1.06 bits per heavy atom. The van der Waals surface area contributed by atoms with Crippen LogP contribution in [0.3, 0.4) is 0 Å². The average molecular weight is 460 g/mol. The molecule has 1 N–H and O–H groups in total. The average Bonchev–Trinajstić information content (AvgIpc) is 3.24. The standard InChI is InChI=1S/C24H18ClN5O3/c25-20-10-8-18(9-11-20)24-19(16-29(28-24)21-4-2-1-3-5-21)15-26-27-23(31)14-17-6-12-22(13-7-17)30(32)33/h1-13,15-16H,14H2,(H,27,31)/b26-15-. The number of nitrogens with zero attached hydrogens (tertiary/aromatic N) is 4. The van der Waals surface area contributed by atoms with E-state index in [4.69, 9.17) is 11.6 Å². The zero-order chi connectivity index (χ0) is 23.2. The van der Waals surface area contributed by atoms with E-state index in [9.17, 15) is 14.9 Å². The molecule has 0 saturated heterocycles. The molecule has 0 bridgehead atoms. The Balaban J connectivity index is 1.52. The van der Waals surface area contributed by atoms with Gasteiger partial charge in [-0.25, -0.2) is 10.1 Å². The fraction of sp³-hybridized carbons (Fsp3) is 0.0417. The molecule has 0 radical (unpaired) electrons. The molecule has 0 aliphatic rings. The normalized spacial score (nSPS) is 10.9. The Bertz CT molecular complexity index is 1300. The van der Waals surface area contributed by atoms with Crippen LogP contribution in [0.25, 0.3) is 16.9 Å². The third kappa shape index (κ3) is 5.50. The van der Waals surface area contributed by atoms with Gasteiger partial charge in [0.2, 0.25) is 5.91 Å². The van der Waals surface area contributed by atoms with Gasteiger partial charge in [-0.05, 0) is 29.8 Å². The second-order valence-corrected chi connectivity index (χ2v) is 7.55. The molecular weight excluding hydrogens is 442 g/mol. The highest BCUT2D eigenvalue weighted by molar-refractivity contribution is 6.30. The number of hydrogen-bond donors (Lipinski definition) is 1. The minimum absolute atomic E-state index is 0.0256. The van der Waals surface area contributed by atoms with Crippen LogP contribution in [-0.2, 0) is 11.2 Å². The van der Waals surface area contributed by atoms with E-state index >= 15 is 0 Å². The van der Waals surface area contributed by atoms with Crippen LogP contribution in [0.15, 0.2) is 90.2 Å². The first-order valence-electron chi connectivity index (χ1n) is 9.96. The van der Waals surface area contributed by atoms with E-state index in [1.165, 1.54) is 18.3 Å². The van der Waals surface area contributed by atoms with Gasteiger partial charge in [0.15, 0.2) is 0 Å². The van der Waals surface area contributed by atoms with Crippen molar-refractivity contribution < 1.29 is 9.72 Å². The highest BCUT2D eigenvalue weighted by Crippen LogP contribution is 2.24. The van der Waals surface area contributed by atoms with Crippen molar-refractivity contribution in [2.24, 2.45) is 5.10 Å². The Morgan fingerprint density at radius 2 is 1.76 bits per heavy atom. The molecule has 0 unspecified atom stereocenters. The van der Waals surface area contributed by atoms with Crippen molar-refractivity contribution >= 4 is 29.4 Å². The Labute approximate surface area is 194 Å². The van der Waals surface area contributed by atoms with Gasteiger partial charge in [-0.3, -0.25) is 14.9 Å². The molecule has 0 atom stereocenters. The maximum Gasteiger partial charge on any atom is 0.269 e. The lowest BCUT2D eigenvalue weighted by molar-refractivity contribution is -0.384. The predicted molar refractivity (Wildman–Crippen MR) is 127 cm³/mol. The number of nitrogens with one attached hydrogen (secondary N) is 1. The first-order chi connectivity index (χ1) is 16.0. The van der Waals surface area contributed by atoms with E-state index in [2.05, 4.69) is 15.6 Å². The molecule has 0 spiro atoms. The van der Waals surface area contributed by atoms with Gasteiger partial charge < -0.3 is 0 Å². The van der Waals surface area contributed by atoms with Gasteiger partial charge in [0.1, 0.15) is 5.69 Å². The van der Waals surface area contributed by atoms with Gasteiger partial charge in [-0.2, -0.15) is 10.2 Å². The third-order valence-corrected chi connectivity index (χ3v) is 5.04. The Morgan fingerprint density at radius 3 is 2.42 bits per heavy atom. The van der Waals surface area contributed by atoms with Gasteiger partial charge in [-0.1, -0.05) is 54.1 Å². The number of para-hydroxylation sites is 1. The molecular formula is C24H18ClN5O3.